The van der Waals surface area contributed by atoms with E-state index in [-0.39, 0.29) is 32.7 Å². The molecule has 0 aliphatic carbocycles. The largest absolute Gasteiger partial charge is 0.345 e. The number of hydrogen-bond acceptors (Lipinski definition) is 3. The molecule has 1 atom stereocenters. The molecule has 0 bridgehead atoms. The van der Waals surface area contributed by atoms with Crippen LogP contribution >= 0.6 is 34.8 Å². The highest BCUT2D eigenvalue weighted by Crippen LogP contribution is 2.31. The van der Waals surface area contributed by atoms with Gasteiger partial charge < -0.3 is 10.6 Å². The van der Waals surface area contributed by atoms with E-state index in [1.165, 1.54) is 6.20 Å². The van der Waals surface area contributed by atoms with Gasteiger partial charge in [0.2, 0.25) is 0 Å². The smallest absolute Gasteiger partial charge is 0.275 e. The van der Waals surface area contributed by atoms with Gasteiger partial charge in [-0.15, -0.1) is 0 Å². The van der Waals surface area contributed by atoms with Gasteiger partial charge in [-0.1, -0.05) is 77.3 Å². The number of pyridine rings is 1. The van der Waals surface area contributed by atoms with Crippen LogP contribution in [-0.4, -0.2) is 16.8 Å². The summed E-state index contributed by atoms with van der Waals surface area (Å²) in [6.45, 7) is 1.88. The van der Waals surface area contributed by atoms with Crippen molar-refractivity contribution in [2.75, 3.05) is 5.32 Å². The van der Waals surface area contributed by atoms with Crippen molar-refractivity contribution in [3.63, 3.8) is 0 Å². The van der Waals surface area contributed by atoms with Crippen molar-refractivity contribution in [1.29, 1.82) is 0 Å². The fourth-order valence-electron chi connectivity index (χ4n) is 2.67. The van der Waals surface area contributed by atoms with E-state index in [1.807, 2.05) is 37.3 Å². The lowest BCUT2D eigenvalue weighted by atomic mass is 10.1. The molecule has 2 aromatic carbocycles. The second-order valence-corrected chi connectivity index (χ2v) is 7.35. The minimum Gasteiger partial charge on any atom is -0.345 e. The van der Waals surface area contributed by atoms with Crippen LogP contribution in [0.15, 0.2) is 60.8 Å². The summed E-state index contributed by atoms with van der Waals surface area (Å²) < 4.78 is 0. The van der Waals surface area contributed by atoms with Gasteiger partial charge in [0.05, 0.1) is 32.4 Å². The molecule has 8 heteroatoms. The standard InChI is InChI=1S/C21H16Cl3N3O2/c1-12(13-7-3-2-4-8-13)26-20(28)14-9-5-6-10-16(14)27-21(29)19-18(24)17(23)15(22)11-25-19/h2-12H,1H3,(H,26,28)(H,27,29). The van der Waals surface area contributed by atoms with Crippen LogP contribution in [0.1, 0.15) is 39.4 Å². The third kappa shape index (κ3) is 4.88. The van der Waals surface area contributed by atoms with Crippen LogP contribution in [-0.2, 0) is 0 Å². The molecule has 148 valence electrons. The van der Waals surface area contributed by atoms with E-state index in [1.54, 1.807) is 24.3 Å². The van der Waals surface area contributed by atoms with E-state index in [0.29, 0.717) is 11.3 Å². The maximum absolute atomic E-state index is 12.8. The van der Waals surface area contributed by atoms with Crippen LogP contribution in [0.4, 0.5) is 5.69 Å². The molecule has 5 nitrogen and oxygen atoms in total. The molecule has 0 saturated carbocycles. The Bertz CT molecular complexity index is 1060. The molecular weight excluding hydrogens is 433 g/mol. The molecule has 0 radical (unpaired) electrons. The highest BCUT2D eigenvalue weighted by atomic mass is 35.5. The van der Waals surface area contributed by atoms with Crippen molar-refractivity contribution < 1.29 is 9.59 Å². The highest BCUT2D eigenvalue weighted by Gasteiger charge is 2.20. The summed E-state index contributed by atoms with van der Waals surface area (Å²) in [6, 6.07) is 16.0. The average Bonchev–Trinajstić information content (AvgIpc) is 2.73. The van der Waals surface area contributed by atoms with Gasteiger partial charge in [-0.25, -0.2) is 4.98 Å². The van der Waals surface area contributed by atoms with Gasteiger partial charge in [-0.3, -0.25) is 9.59 Å². The number of carbonyl (C=O) groups is 2. The Morgan fingerprint density at radius 2 is 1.55 bits per heavy atom. The van der Waals surface area contributed by atoms with Crippen molar-refractivity contribution in [2.45, 2.75) is 13.0 Å². The van der Waals surface area contributed by atoms with Crippen LogP contribution in [0.5, 0.6) is 0 Å². The summed E-state index contributed by atoms with van der Waals surface area (Å²) in [4.78, 5) is 29.4. The van der Waals surface area contributed by atoms with E-state index in [4.69, 9.17) is 34.8 Å². The number of nitrogens with one attached hydrogen (secondary N) is 2. The first-order valence-electron chi connectivity index (χ1n) is 8.64. The van der Waals surface area contributed by atoms with Gasteiger partial charge in [0, 0.05) is 6.20 Å². The molecule has 0 aliphatic rings. The molecule has 1 unspecified atom stereocenters. The maximum atomic E-state index is 12.8. The summed E-state index contributed by atoms with van der Waals surface area (Å²) in [5.74, 6) is -0.935. The Labute approximate surface area is 183 Å². The number of aromatic nitrogens is 1. The van der Waals surface area contributed by atoms with E-state index < -0.39 is 5.91 Å². The maximum Gasteiger partial charge on any atom is 0.275 e. The summed E-state index contributed by atoms with van der Waals surface area (Å²) >= 11 is 17.9. The van der Waals surface area contributed by atoms with Crippen molar-refractivity contribution in [2.24, 2.45) is 0 Å². The number of hydrogen-bond donors (Lipinski definition) is 2. The Hall–Kier alpha value is -2.60. The zero-order valence-electron chi connectivity index (χ0n) is 15.2. The van der Waals surface area contributed by atoms with Crippen molar-refractivity contribution in [1.82, 2.24) is 10.3 Å². The first-order chi connectivity index (χ1) is 13.9. The first-order valence-corrected chi connectivity index (χ1v) is 9.77. The normalized spacial score (nSPS) is 11.6. The molecule has 29 heavy (non-hydrogen) atoms. The number of anilines is 1. The molecule has 0 spiro atoms. The predicted molar refractivity (Wildman–Crippen MR) is 116 cm³/mol. The molecule has 0 aliphatic heterocycles. The molecule has 0 saturated heterocycles. The Kier molecular flexibility index (Phi) is 6.75. The number of halogens is 3. The van der Waals surface area contributed by atoms with Gasteiger partial charge in [-0.05, 0) is 24.6 Å². The average molecular weight is 449 g/mol. The number of nitrogens with zero attached hydrogens (tertiary/aromatic N) is 1. The fourth-order valence-corrected chi connectivity index (χ4v) is 3.24. The molecule has 1 aromatic heterocycles. The first kappa shape index (κ1) is 21.1. The van der Waals surface area contributed by atoms with Gasteiger partial charge in [0.15, 0.2) is 0 Å². The topological polar surface area (TPSA) is 71.1 Å². The molecule has 3 aromatic rings. The lowest BCUT2D eigenvalue weighted by Gasteiger charge is -2.16. The predicted octanol–water partition coefficient (Wildman–Crippen LogP) is 5.79. The number of benzene rings is 2. The number of para-hydroxylation sites is 1. The van der Waals surface area contributed by atoms with Crippen molar-refractivity contribution in [3.8, 4) is 0 Å². The number of rotatable bonds is 5. The Morgan fingerprint density at radius 3 is 2.28 bits per heavy atom. The monoisotopic (exact) mass is 447 g/mol. The summed E-state index contributed by atoms with van der Waals surface area (Å²) in [5.41, 5.74) is 1.50. The zero-order valence-corrected chi connectivity index (χ0v) is 17.5. The summed E-state index contributed by atoms with van der Waals surface area (Å²) in [7, 11) is 0. The zero-order chi connectivity index (χ0) is 21.0. The van der Waals surface area contributed by atoms with E-state index in [9.17, 15) is 9.59 Å². The van der Waals surface area contributed by atoms with Crippen LogP contribution in [0, 0.1) is 0 Å². The lowest BCUT2D eigenvalue weighted by Crippen LogP contribution is -2.28. The highest BCUT2D eigenvalue weighted by molar-refractivity contribution is 6.49. The van der Waals surface area contributed by atoms with Crippen molar-refractivity contribution >= 4 is 52.3 Å². The van der Waals surface area contributed by atoms with E-state index in [2.05, 4.69) is 15.6 Å². The molecule has 3 rings (SSSR count). The Morgan fingerprint density at radius 1 is 0.897 bits per heavy atom. The van der Waals surface area contributed by atoms with Crippen LogP contribution in [0.2, 0.25) is 15.1 Å². The van der Waals surface area contributed by atoms with Crippen LogP contribution < -0.4 is 10.6 Å². The SMILES string of the molecule is CC(NC(=O)c1ccccc1NC(=O)c1ncc(Cl)c(Cl)c1Cl)c1ccccc1. The minimum atomic E-state index is -0.607. The quantitative estimate of drug-likeness (QED) is 0.519. The van der Waals surface area contributed by atoms with Crippen LogP contribution in [0.3, 0.4) is 0 Å². The Balaban J connectivity index is 1.81. The van der Waals surface area contributed by atoms with Gasteiger partial charge in [-0.2, -0.15) is 0 Å². The third-order valence-corrected chi connectivity index (χ3v) is 5.44. The molecule has 2 amide bonds. The van der Waals surface area contributed by atoms with Crippen molar-refractivity contribution in [3.05, 3.63) is 92.7 Å². The van der Waals surface area contributed by atoms with E-state index >= 15 is 0 Å². The van der Waals surface area contributed by atoms with Gasteiger partial charge >= 0.3 is 0 Å². The lowest BCUT2D eigenvalue weighted by molar-refractivity contribution is 0.0941. The van der Waals surface area contributed by atoms with E-state index in [0.717, 1.165) is 5.56 Å². The number of carbonyl (C=O) groups excluding carboxylic acids is 2. The second-order valence-electron chi connectivity index (χ2n) is 6.19. The third-order valence-electron chi connectivity index (χ3n) is 4.20. The van der Waals surface area contributed by atoms with Gasteiger partial charge in [0.25, 0.3) is 11.8 Å². The van der Waals surface area contributed by atoms with Gasteiger partial charge in [0.1, 0.15) is 5.69 Å². The second kappa shape index (κ2) is 9.27. The summed E-state index contributed by atoms with van der Waals surface area (Å²) in [6.07, 6.45) is 1.24. The molecule has 1 heterocycles. The minimum absolute atomic E-state index is 0.0381. The molecular formula is C21H16Cl3N3O2. The van der Waals surface area contributed by atoms with Crippen LogP contribution in [0.25, 0.3) is 0 Å². The fraction of sp³-hybridized carbons (Fsp3) is 0.0952. The number of amides is 2. The summed E-state index contributed by atoms with van der Waals surface area (Å²) in [5, 5.41) is 5.70. The molecule has 2 N–H and O–H groups in total. The molecule has 0 fully saturated rings.